The molecule has 3 aliphatic rings. The molecule has 16 nitrogen and oxygen atoms in total. The van der Waals surface area contributed by atoms with E-state index in [0.29, 0.717) is 5.06 Å². The summed E-state index contributed by atoms with van der Waals surface area (Å²) >= 11 is 0. The lowest BCUT2D eigenvalue weighted by atomic mass is 9.85. The van der Waals surface area contributed by atoms with Crippen LogP contribution in [-0.2, 0) is 19.3 Å². The van der Waals surface area contributed by atoms with E-state index >= 15 is 0 Å². The normalized spacial score (nSPS) is 34.6. The van der Waals surface area contributed by atoms with Gasteiger partial charge in [0.1, 0.15) is 12.1 Å². The van der Waals surface area contributed by atoms with Crippen LogP contribution in [0.5, 0.6) is 0 Å². The van der Waals surface area contributed by atoms with E-state index in [2.05, 4.69) is 19.2 Å². The fraction of sp³-hybridized carbons (Fsp3) is 0.700. The molecule has 4 atom stereocenters. The van der Waals surface area contributed by atoms with Crippen molar-refractivity contribution >= 4 is 28.4 Å². The fourth-order valence-electron chi connectivity index (χ4n) is 3.56. The Kier molecular flexibility index (Phi) is 4.13. The maximum atomic E-state index is 11.0. The van der Waals surface area contributed by atoms with Gasteiger partial charge in [-0.1, -0.05) is 0 Å². The van der Waals surface area contributed by atoms with Crippen LogP contribution in [0.15, 0.2) is 4.99 Å². The SMILES string of the molecule is N=C([O-])OC[C@H]1[C@@H]2N=C(N)N[C@]23N(C[C@H](OS(=O)(=O)O)C3(O)O)C(=N)N1O. The second kappa shape index (κ2) is 5.78. The number of hydrogen-bond donors (Lipinski definition) is 8. The first-order valence-corrected chi connectivity index (χ1v) is 8.62. The summed E-state index contributed by atoms with van der Waals surface area (Å²) in [4.78, 5) is 4.75. The standard InChI is InChI=1S/C10H17N7O9S/c11-6-14-5-3(2-25-8(13)18)17(21)7(12)16-1-4(26-27(22,23)24)10(19,20)9(5,16)15-6/h3-5,12,19-21H,1-2H2,(H2,13,18)(H3,11,14,15)(H,22,23,24)/p-1/t3-,4-,5-,9-/m0/s1. The molecule has 0 radical (unpaired) electrons. The van der Waals surface area contributed by atoms with E-state index in [0.717, 1.165) is 4.90 Å². The van der Waals surface area contributed by atoms with Gasteiger partial charge < -0.3 is 36.0 Å². The molecule has 3 heterocycles. The number of nitrogens with two attached hydrogens (primary N) is 1. The Morgan fingerprint density at radius 2 is 2.15 bits per heavy atom. The van der Waals surface area contributed by atoms with E-state index in [4.69, 9.17) is 21.1 Å². The summed E-state index contributed by atoms with van der Waals surface area (Å²) in [7, 11) is -5.12. The highest BCUT2D eigenvalue weighted by atomic mass is 32.3. The minimum atomic E-state index is -5.12. The monoisotopic (exact) mass is 410 g/mol. The quantitative estimate of drug-likeness (QED) is 0.0931. The van der Waals surface area contributed by atoms with Crippen molar-refractivity contribution in [2.45, 2.75) is 29.6 Å². The summed E-state index contributed by atoms with van der Waals surface area (Å²) in [5.41, 5.74) is 3.42. The number of ether oxygens (including phenoxy) is 1. The van der Waals surface area contributed by atoms with E-state index in [1.807, 2.05) is 0 Å². The van der Waals surface area contributed by atoms with Crippen molar-refractivity contribution < 1.29 is 42.4 Å². The summed E-state index contributed by atoms with van der Waals surface area (Å²) in [6.45, 7) is -1.36. The molecular formula is C10H16N7O9S-. The van der Waals surface area contributed by atoms with Gasteiger partial charge in [-0.2, -0.15) is 8.42 Å². The van der Waals surface area contributed by atoms with E-state index in [1.165, 1.54) is 0 Å². The predicted octanol–water partition coefficient (Wildman–Crippen LogP) is -5.53. The molecule has 0 unspecified atom stereocenters. The summed E-state index contributed by atoms with van der Waals surface area (Å²) in [6.07, 6.45) is -3.46. The molecule has 0 aromatic carbocycles. The van der Waals surface area contributed by atoms with E-state index in [1.54, 1.807) is 0 Å². The van der Waals surface area contributed by atoms with Crippen molar-refractivity contribution in [2.75, 3.05) is 13.2 Å². The molecule has 3 aliphatic heterocycles. The van der Waals surface area contributed by atoms with Gasteiger partial charge in [-0.25, -0.2) is 14.2 Å². The van der Waals surface area contributed by atoms with Gasteiger partial charge in [0.25, 0.3) is 0 Å². The third-order valence-electron chi connectivity index (χ3n) is 4.58. The summed E-state index contributed by atoms with van der Waals surface area (Å²) in [5, 5.41) is 59.9. The van der Waals surface area contributed by atoms with Crippen molar-refractivity contribution in [3.8, 4) is 0 Å². The second-order valence-electron chi connectivity index (χ2n) is 6.03. The third-order valence-corrected chi connectivity index (χ3v) is 5.06. The number of nitrogens with one attached hydrogen (secondary N) is 3. The second-order valence-corrected chi connectivity index (χ2v) is 7.08. The molecule has 152 valence electrons. The average Bonchev–Trinajstić information content (AvgIpc) is 2.96. The Balaban J connectivity index is 2.07. The van der Waals surface area contributed by atoms with Gasteiger partial charge in [-0.05, 0) is 0 Å². The van der Waals surface area contributed by atoms with Crippen LogP contribution in [0.2, 0.25) is 0 Å². The van der Waals surface area contributed by atoms with Crippen LogP contribution >= 0.6 is 0 Å². The molecular weight excluding hydrogens is 394 g/mol. The van der Waals surface area contributed by atoms with E-state index < -0.39 is 65.2 Å². The lowest BCUT2D eigenvalue weighted by Gasteiger charge is -2.53. The maximum absolute atomic E-state index is 11.0. The van der Waals surface area contributed by atoms with Crippen molar-refractivity contribution in [3.05, 3.63) is 0 Å². The molecule has 3 rings (SSSR count). The molecule has 27 heavy (non-hydrogen) atoms. The first-order chi connectivity index (χ1) is 12.3. The van der Waals surface area contributed by atoms with Gasteiger partial charge in [0.05, 0.1) is 12.6 Å². The number of aliphatic imine (C=N–C) groups is 1. The first kappa shape index (κ1) is 19.3. The summed E-state index contributed by atoms with van der Waals surface area (Å²) < 4.78 is 39.8. The molecule has 2 fully saturated rings. The number of hydroxylamine groups is 2. The highest BCUT2D eigenvalue weighted by molar-refractivity contribution is 7.80. The first-order valence-electron chi connectivity index (χ1n) is 7.26. The molecule has 0 amide bonds. The molecule has 9 N–H and O–H groups in total. The zero-order chi connectivity index (χ0) is 20.4. The lowest BCUT2D eigenvalue weighted by Crippen LogP contribution is -2.80. The largest absolute Gasteiger partial charge is 0.598 e. The smallest absolute Gasteiger partial charge is 0.397 e. The molecule has 0 saturated carbocycles. The van der Waals surface area contributed by atoms with Crippen molar-refractivity contribution in [1.29, 1.82) is 10.8 Å². The van der Waals surface area contributed by atoms with E-state index in [-0.39, 0.29) is 5.96 Å². The maximum Gasteiger partial charge on any atom is 0.397 e. The highest BCUT2D eigenvalue weighted by Gasteiger charge is 2.75. The number of nitrogens with zero attached hydrogens (tertiary/aromatic N) is 3. The predicted molar refractivity (Wildman–Crippen MR) is 80.4 cm³/mol. The highest BCUT2D eigenvalue weighted by Crippen LogP contribution is 2.47. The molecule has 2 saturated heterocycles. The van der Waals surface area contributed by atoms with Crippen LogP contribution in [0.4, 0.5) is 0 Å². The third kappa shape index (κ3) is 2.71. The Morgan fingerprint density at radius 3 is 2.70 bits per heavy atom. The zero-order valence-corrected chi connectivity index (χ0v) is 14.1. The van der Waals surface area contributed by atoms with Crippen LogP contribution in [0, 0.1) is 10.8 Å². The molecule has 17 heteroatoms. The van der Waals surface area contributed by atoms with Gasteiger partial charge >= 0.3 is 10.4 Å². The van der Waals surface area contributed by atoms with Crippen molar-refractivity contribution in [2.24, 2.45) is 10.7 Å². The number of aliphatic hydroxyl groups is 2. The van der Waals surface area contributed by atoms with Crippen LogP contribution < -0.4 is 16.2 Å². The van der Waals surface area contributed by atoms with E-state index in [9.17, 15) is 28.9 Å². The topological polar surface area (TPSA) is 261 Å². The molecule has 0 aromatic heterocycles. The number of guanidine groups is 2. The Bertz CT molecular complexity index is 816. The minimum Gasteiger partial charge on any atom is -0.598 e. The number of hydrogen-bond acceptors (Lipinski definition) is 13. The van der Waals surface area contributed by atoms with Gasteiger partial charge in [-0.15, -0.1) is 0 Å². The summed E-state index contributed by atoms with van der Waals surface area (Å²) in [5.74, 6) is -4.21. The lowest BCUT2D eigenvalue weighted by molar-refractivity contribution is -0.271. The number of rotatable bonds is 4. The fourth-order valence-corrected chi connectivity index (χ4v) is 4.05. The molecule has 0 bridgehead atoms. The zero-order valence-electron chi connectivity index (χ0n) is 13.3. The Hall–Kier alpha value is -2.44. The Labute approximate surface area is 151 Å². The van der Waals surface area contributed by atoms with Gasteiger partial charge in [0.2, 0.25) is 11.7 Å². The van der Waals surface area contributed by atoms with Crippen LogP contribution in [0.25, 0.3) is 0 Å². The van der Waals surface area contributed by atoms with Crippen molar-refractivity contribution in [3.63, 3.8) is 0 Å². The van der Waals surface area contributed by atoms with Crippen LogP contribution in [-0.4, -0.2) is 99.1 Å². The van der Waals surface area contributed by atoms with Gasteiger partial charge in [-0.3, -0.25) is 20.6 Å². The van der Waals surface area contributed by atoms with Gasteiger partial charge in [0.15, 0.2) is 17.7 Å². The van der Waals surface area contributed by atoms with Crippen molar-refractivity contribution in [1.82, 2.24) is 15.3 Å². The van der Waals surface area contributed by atoms with Crippen LogP contribution in [0.3, 0.4) is 0 Å². The molecule has 0 aliphatic carbocycles. The van der Waals surface area contributed by atoms with Gasteiger partial charge in [0, 0.05) is 6.61 Å². The van der Waals surface area contributed by atoms with Crippen LogP contribution in [0.1, 0.15) is 0 Å². The Morgan fingerprint density at radius 1 is 1.52 bits per heavy atom. The minimum absolute atomic E-state index is 0.293. The average molecular weight is 410 g/mol. The molecule has 1 spiro atoms. The molecule has 0 aromatic rings. The summed E-state index contributed by atoms with van der Waals surface area (Å²) in [6, 6.07) is -2.80.